The molecule has 0 radical (unpaired) electrons. The second-order valence-electron chi connectivity index (χ2n) is 3.50. The summed E-state index contributed by atoms with van der Waals surface area (Å²) in [6, 6.07) is 8.10. The van der Waals surface area contributed by atoms with Gasteiger partial charge >= 0.3 is 5.97 Å². The molecule has 0 aliphatic heterocycles. The summed E-state index contributed by atoms with van der Waals surface area (Å²) in [5, 5.41) is 11.6. The van der Waals surface area contributed by atoms with E-state index in [0.29, 0.717) is 13.1 Å². The van der Waals surface area contributed by atoms with Crippen LogP contribution in [-0.4, -0.2) is 17.6 Å². The second kappa shape index (κ2) is 5.32. The second-order valence-corrected chi connectivity index (χ2v) is 3.50. The molecule has 0 saturated heterocycles. The normalized spacial score (nSPS) is 9.93. The van der Waals surface area contributed by atoms with Crippen LogP contribution in [0.5, 0.6) is 0 Å². The summed E-state index contributed by atoms with van der Waals surface area (Å²) in [6.45, 7) is 6.44. The van der Waals surface area contributed by atoms with Gasteiger partial charge in [-0.25, -0.2) is 4.79 Å². The molecule has 0 amide bonds. The molecule has 1 rings (SSSR count). The zero-order valence-electron chi connectivity index (χ0n) is 8.79. The van der Waals surface area contributed by atoms with Gasteiger partial charge in [0.1, 0.15) is 0 Å². The first-order chi connectivity index (χ1) is 7.09. The monoisotopic (exact) mass is 205 g/mol. The summed E-state index contributed by atoms with van der Waals surface area (Å²) in [5.41, 5.74) is 2.54. The molecule has 0 heterocycles. The Bertz CT molecular complexity index is 354. The van der Waals surface area contributed by atoms with Crippen LogP contribution in [0.15, 0.2) is 36.4 Å². The summed E-state index contributed by atoms with van der Waals surface area (Å²) in [4.78, 5) is 10.4. The van der Waals surface area contributed by atoms with Gasteiger partial charge in [0.05, 0.1) is 0 Å². The topological polar surface area (TPSA) is 49.3 Å². The number of carboxylic acids is 1. The predicted molar refractivity (Wildman–Crippen MR) is 59.7 cm³/mol. The zero-order chi connectivity index (χ0) is 11.3. The van der Waals surface area contributed by atoms with Crippen molar-refractivity contribution >= 4 is 5.97 Å². The number of benzene rings is 1. The van der Waals surface area contributed by atoms with Gasteiger partial charge in [-0.3, -0.25) is 0 Å². The van der Waals surface area contributed by atoms with Crippen LogP contribution in [0.2, 0.25) is 0 Å². The van der Waals surface area contributed by atoms with E-state index in [1.807, 2.05) is 31.2 Å². The van der Waals surface area contributed by atoms with E-state index in [1.165, 1.54) is 5.56 Å². The van der Waals surface area contributed by atoms with E-state index in [1.54, 1.807) is 0 Å². The van der Waals surface area contributed by atoms with Crippen molar-refractivity contribution in [3.8, 4) is 0 Å². The van der Waals surface area contributed by atoms with Crippen LogP contribution in [0.1, 0.15) is 11.1 Å². The number of carbonyl (C=O) groups is 1. The van der Waals surface area contributed by atoms with Crippen molar-refractivity contribution in [1.82, 2.24) is 5.32 Å². The average Bonchev–Trinajstić information content (AvgIpc) is 2.20. The van der Waals surface area contributed by atoms with Crippen LogP contribution in [0.4, 0.5) is 0 Å². The SMILES string of the molecule is C=C(CNCc1ccc(C)cc1)C(=O)O. The van der Waals surface area contributed by atoms with Crippen LogP contribution in [0.3, 0.4) is 0 Å². The predicted octanol–water partition coefficient (Wildman–Crippen LogP) is 1.73. The highest BCUT2D eigenvalue weighted by Gasteiger charge is 2.02. The maximum Gasteiger partial charge on any atom is 0.332 e. The van der Waals surface area contributed by atoms with Crippen molar-refractivity contribution in [3.63, 3.8) is 0 Å². The average molecular weight is 205 g/mol. The molecule has 1 aromatic rings. The van der Waals surface area contributed by atoms with Gasteiger partial charge in [-0.15, -0.1) is 0 Å². The highest BCUT2D eigenvalue weighted by Crippen LogP contribution is 2.02. The molecule has 80 valence electrons. The van der Waals surface area contributed by atoms with Crippen molar-refractivity contribution in [1.29, 1.82) is 0 Å². The Kier molecular flexibility index (Phi) is 4.06. The third-order valence-corrected chi connectivity index (χ3v) is 2.09. The minimum Gasteiger partial charge on any atom is -0.478 e. The standard InChI is InChI=1S/C12H15NO2/c1-9-3-5-11(6-4-9)8-13-7-10(2)12(14)15/h3-6,13H,2,7-8H2,1H3,(H,14,15). The van der Waals surface area contributed by atoms with Crippen LogP contribution >= 0.6 is 0 Å². The molecule has 0 bridgehead atoms. The smallest absolute Gasteiger partial charge is 0.332 e. The van der Waals surface area contributed by atoms with Gasteiger partial charge in [-0.05, 0) is 12.5 Å². The lowest BCUT2D eigenvalue weighted by molar-refractivity contribution is -0.132. The Labute approximate surface area is 89.4 Å². The van der Waals surface area contributed by atoms with Gasteiger partial charge in [0.2, 0.25) is 0 Å². The molecule has 0 spiro atoms. The first kappa shape index (κ1) is 11.5. The van der Waals surface area contributed by atoms with Gasteiger partial charge in [-0.2, -0.15) is 0 Å². The number of aliphatic carboxylic acids is 1. The Hall–Kier alpha value is -1.61. The molecular formula is C12H15NO2. The van der Waals surface area contributed by atoms with E-state index < -0.39 is 5.97 Å². The van der Waals surface area contributed by atoms with Crippen LogP contribution in [0.25, 0.3) is 0 Å². The number of nitrogens with one attached hydrogen (secondary N) is 1. The van der Waals surface area contributed by atoms with Crippen molar-refractivity contribution in [2.75, 3.05) is 6.54 Å². The minimum atomic E-state index is -0.952. The highest BCUT2D eigenvalue weighted by molar-refractivity contribution is 5.86. The minimum absolute atomic E-state index is 0.183. The maximum absolute atomic E-state index is 10.4. The van der Waals surface area contributed by atoms with Crippen LogP contribution in [-0.2, 0) is 11.3 Å². The molecule has 0 fully saturated rings. The lowest BCUT2D eigenvalue weighted by Gasteiger charge is -2.04. The molecule has 0 aliphatic rings. The molecule has 3 heteroatoms. The van der Waals surface area contributed by atoms with E-state index in [2.05, 4.69) is 11.9 Å². The molecule has 0 aliphatic carbocycles. The maximum atomic E-state index is 10.4. The molecule has 15 heavy (non-hydrogen) atoms. The fourth-order valence-electron chi connectivity index (χ4n) is 1.14. The first-order valence-corrected chi connectivity index (χ1v) is 4.77. The lowest BCUT2D eigenvalue weighted by atomic mass is 10.1. The van der Waals surface area contributed by atoms with Gasteiger partial charge < -0.3 is 10.4 Å². The fraction of sp³-hybridized carbons (Fsp3) is 0.250. The summed E-state index contributed by atoms with van der Waals surface area (Å²) >= 11 is 0. The van der Waals surface area contributed by atoms with Crippen molar-refractivity contribution < 1.29 is 9.90 Å². The molecule has 3 nitrogen and oxygen atoms in total. The van der Waals surface area contributed by atoms with Crippen molar-refractivity contribution in [3.05, 3.63) is 47.5 Å². The Morgan fingerprint density at radius 1 is 1.40 bits per heavy atom. The number of rotatable bonds is 5. The molecule has 0 unspecified atom stereocenters. The first-order valence-electron chi connectivity index (χ1n) is 4.77. The number of hydrogen-bond donors (Lipinski definition) is 2. The number of aryl methyl sites for hydroxylation is 1. The van der Waals surface area contributed by atoms with Crippen LogP contribution in [0, 0.1) is 6.92 Å². The Morgan fingerprint density at radius 3 is 2.53 bits per heavy atom. The van der Waals surface area contributed by atoms with Crippen LogP contribution < -0.4 is 5.32 Å². The van der Waals surface area contributed by atoms with Gasteiger partial charge in [0.15, 0.2) is 0 Å². The van der Waals surface area contributed by atoms with E-state index in [-0.39, 0.29) is 5.57 Å². The molecule has 2 N–H and O–H groups in total. The van der Waals surface area contributed by atoms with Gasteiger partial charge in [0.25, 0.3) is 0 Å². The van der Waals surface area contributed by atoms with Gasteiger partial charge in [0, 0.05) is 18.7 Å². The van der Waals surface area contributed by atoms with E-state index >= 15 is 0 Å². The van der Waals surface area contributed by atoms with E-state index in [4.69, 9.17) is 5.11 Å². The summed E-state index contributed by atoms with van der Waals surface area (Å²) in [6.07, 6.45) is 0. The molecule has 1 aromatic carbocycles. The zero-order valence-corrected chi connectivity index (χ0v) is 8.79. The molecular weight excluding hydrogens is 190 g/mol. The third kappa shape index (κ3) is 3.95. The largest absolute Gasteiger partial charge is 0.478 e. The van der Waals surface area contributed by atoms with Crippen molar-refractivity contribution in [2.24, 2.45) is 0 Å². The quantitative estimate of drug-likeness (QED) is 0.720. The third-order valence-electron chi connectivity index (χ3n) is 2.09. The van der Waals surface area contributed by atoms with E-state index in [0.717, 1.165) is 5.56 Å². The fourth-order valence-corrected chi connectivity index (χ4v) is 1.14. The number of carboxylic acid groups (broad SMARTS) is 1. The van der Waals surface area contributed by atoms with Crippen molar-refractivity contribution in [2.45, 2.75) is 13.5 Å². The highest BCUT2D eigenvalue weighted by atomic mass is 16.4. The summed E-state index contributed by atoms with van der Waals surface area (Å²) in [7, 11) is 0. The molecule has 0 atom stereocenters. The summed E-state index contributed by atoms with van der Waals surface area (Å²) in [5.74, 6) is -0.952. The van der Waals surface area contributed by atoms with Gasteiger partial charge in [-0.1, -0.05) is 36.4 Å². The Morgan fingerprint density at radius 2 is 2.00 bits per heavy atom. The van der Waals surface area contributed by atoms with E-state index in [9.17, 15) is 4.79 Å². The molecule has 0 saturated carbocycles. The number of hydrogen-bond acceptors (Lipinski definition) is 2. The lowest BCUT2D eigenvalue weighted by Crippen LogP contribution is -2.19. The molecule has 0 aromatic heterocycles. The Balaban J connectivity index is 2.35. The summed E-state index contributed by atoms with van der Waals surface area (Å²) < 4.78 is 0.